The minimum Gasteiger partial charge on any atom is -0.494 e. The molecule has 1 aliphatic rings. The van der Waals surface area contributed by atoms with Crippen LogP contribution >= 0.6 is 0 Å². The molecule has 24 heavy (non-hydrogen) atoms. The van der Waals surface area contributed by atoms with Gasteiger partial charge in [0, 0.05) is 6.42 Å². The molecule has 4 heteroatoms. The van der Waals surface area contributed by atoms with Gasteiger partial charge in [-0.2, -0.15) is 13.2 Å². The summed E-state index contributed by atoms with van der Waals surface area (Å²) in [6, 6.07) is 8.29. The summed E-state index contributed by atoms with van der Waals surface area (Å²) >= 11 is 0. The molecule has 0 heterocycles. The Labute approximate surface area is 143 Å². The Hall–Kier alpha value is -1.19. The van der Waals surface area contributed by atoms with E-state index in [0.717, 1.165) is 44.5 Å². The molecule has 1 nitrogen and oxygen atoms in total. The van der Waals surface area contributed by atoms with Crippen LogP contribution in [0.3, 0.4) is 0 Å². The lowest BCUT2D eigenvalue weighted by molar-refractivity contribution is -0.138. The van der Waals surface area contributed by atoms with E-state index in [1.807, 2.05) is 12.1 Å². The third-order valence-corrected chi connectivity index (χ3v) is 5.05. The van der Waals surface area contributed by atoms with Crippen LogP contribution in [-0.2, 0) is 0 Å². The van der Waals surface area contributed by atoms with Gasteiger partial charge in [-0.15, -0.1) is 0 Å². The Balaban J connectivity index is 1.73. The number of ether oxygens (including phenoxy) is 1. The van der Waals surface area contributed by atoms with E-state index in [0.29, 0.717) is 12.3 Å². The van der Waals surface area contributed by atoms with Gasteiger partial charge < -0.3 is 4.74 Å². The van der Waals surface area contributed by atoms with Crippen molar-refractivity contribution in [3.05, 3.63) is 29.8 Å². The van der Waals surface area contributed by atoms with Crippen LogP contribution in [0.5, 0.6) is 5.75 Å². The van der Waals surface area contributed by atoms with E-state index < -0.39 is 12.6 Å². The topological polar surface area (TPSA) is 9.23 Å². The smallest absolute Gasteiger partial charge is 0.389 e. The summed E-state index contributed by atoms with van der Waals surface area (Å²) in [6.07, 6.45) is 2.94. The van der Waals surface area contributed by atoms with Gasteiger partial charge in [0.2, 0.25) is 0 Å². The van der Waals surface area contributed by atoms with Crippen molar-refractivity contribution in [1.82, 2.24) is 0 Å². The molecule has 0 bridgehead atoms. The molecule has 0 aromatic heterocycles. The molecule has 0 saturated heterocycles. The Morgan fingerprint density at radius 3 is 2.25 bits per heavy atom. The molecule has 0 spiro atoms. The highest BCUT2D eigenvalue weighted by Gasteiger charge is 2.30. The number of rotatable bonds is 8. The zero-order valence-corrected chi connectivity index (χ0v) is 14.6. The van der Waals surface area contributed by atoms with Gasteiger partial charge in [-0.25, -0.2) is 0 Å². The van der Waals surface area contributed by atoms with Crippen LogP contribution < -0.4 is 4.74 Å². The van der Waals surface area contributed by atoms with Crippen molar-refractivity contribution in [3.63, 3.8) is 0 Å². The van der Waals surface area contributed by atoms with Crippen LogP contribution in [0.1, 0.15) is 76.2 Å². The maximum atomic E-state index is 12.3. The normalized spacial score (nSPS) is 21.7. The molecule has 2 rings (SSSR count). The lowest BCUT2D eigenvalue weighted by Crippen LogP contribution is -2.16. The van der Waals surface area contributed by atoms with E-state index in [1.54, 1.807) is 0 Å². The van der Waals surface area contributed by atoms with Crippen LogP contribution in [0.25, 0.3) is 0 Å². The van der Waals surface area contributed by atoms with Crippen molar-refractivity contribution >= 4 is 0 Å². The Kier molecular flexibility index (Phi) is 7.44. The molecule has 0 amide bonds. The number of alkyl halides is 3. The molecule has 1 saturated carbocycles. The summed E-state index contributed by atoms with van der Waals surface area (Å²) in [4.78, 5) is 0. The first-order valence-electron chi connectivity index (χ1n) is 9.27. The van der Waals surface area contributed by atoms with Gasteiger partial charge in [-0.3, -0.25) is 0 Å². The van der Waals surface area contributed by atoms with Crippen molar-refractivity contribution in [2.75, 3.05) is 6.61 Å². The quantitative estimate of drug-likeness (QED) is 0.468. The second-order valence-corrected chi connectivity index (χ2v) is 7.00. The summed E-state index contributed by atoms with van der Waals surface area (Å²) < 4.78 is 42.7. The maximum absolute atomic E-state index is 12.3. The highest BCUT2D eigenvalue weighted by molar-refractivity contribution is 5.29. The number of unbranched alkanes of at least 4 members (excludes halogenated alkanes) is 2. The highest BCUT2D eigenvalue weighted by atomic mass is 19.4. The van der Waals surface area contributed by atoms with E-state index in [1.165, 1.54) is 18.4 Å². The maximum Gasteiger partial charge on any atom is 0.389 e. The zero-order chi connectivity index (χ0) is 17.4. The largest absolute Gasteiger partial charge is 0.494 e. The van der Waals surface area contributed by atoms with Gasteiger partial charge in [0.05, 0.1) is 6.61 Å². The van der Waals surface area contributed by atoms with Crippen molar-refractivity contribution in [3.8, 4) is 5.75 Å². The first kappa shape index (κ1) is 19.1. The fourth-order valence-electron chi connectivity index (χ4n) is 3.53. The Morgan fingerprint density at radius 1 is 1.00 bits per heavy atom. The van der Waals surface area contributed by atoms with Crippen LogP contribution in [-0.4, -0.2) is 12.8 Å². The molecule has 0 radical (unpaired) electrons. The lowest BCUT2D eigenvalue weighted by atomic mass is 9.77. The molecule has 0 aliphatic heterocycles. The minimum absolute atomic E-state index is 0.240. The molecule has 0 unspecified atom stereocenters. The number of halogens is 3. The van der Waals surface area contributed by atoms with E-state index in [-0.39, 0.29) is 5.92 Å². The van der Waals surface area contributed by atoms with Gasteiger partial charge in [-0.05, 0) is 68.1 Å². The van der Waals surface area contributed by atoms with Gasteiger partial charge >= 0.3 is 6.18 Å². The molecule has 1 aliphatic carbocycles. The summed E-state index contributed by atoms with van der Waals surface area (Å²) in [5.41, 5.74) is 1.30. The Bertz CT molecular complexity index is 459. The van der Waals surface area contributed by atoms with Gasteiger partial charge in [0.15, 0.2) is 0 Å². The molecular weight excluding hydrogens is 313 g/mol. The molecule has 0 atom stereocenters. The first-order chi connectivity index (χ1) is 11.5. The van der Waals surface area contributed by atoms with E-state index >= 15 is 0 Å². The monoisotopic (exact) mass is 342 g/mol. The second-order valence-electron chi connectivity index (χ2n) is 7.00. The molecule has 1 fully saturated rings. The molecule has 1 aromatic rings. The summed E-state index contributed by atoms with van der Waals surface area (Å²) in [5.74, 6) is 1.64. The number of hydrogen-bond acceptors (Lipinski definition) is 1. The lowest BCUT2D eigenvalue weighted by Gasteiger charge is -2.29. The van der Waals surface area contributed by atoms with Crippen molar-refractivity contribution in [1.29, 1.82) is 0 Å². The fourth-order valence-corrected chi connectivity index (χ4v) is 3.53. The molecular formula is C20H29F3O. The predicted molar refractivity (Wildman–Crippen MR) is 91.5 cm³/mol. The van der Waals surface area contributed by atoms with Gasteiger partial charge in [0.25, 0.3) is 0 Å². The highest BCUT2D eigenvalue weighted by Crippen LogP contribution is 2.39. The van der Waals surface area contributed by atoms with Crippen LogP contribution in [0.2, 0.25) is 0 Å². The van der Waals surface area contributed by atoms with Gasteiger partial charge in [-0.1, -0.05) is 31.9 Å². The summed E-state index contributed by atoms with van der Waals surface area (Å²) in [5, 5.41) is 0. The van der Waals surface area contributed by atoms with E-state index in [9.17, 15) is 13.2 Å². The van der Waals surface area contributed by atoms with E-state index in [4.69, 9.17) is 4.74 Å². The SMILES string of the molecule is CCCCCOc1ccc([C@H]2CC[C@H](CCC(F)(F)F)CC2)cc1. The standard InChI is InChI=1S/C20H29F3O/c1-2-3-4-15-24-19-11-9-18(10-12-19)17-7-5-16(6-8-17)13-14-20(21,22)23/h9-12,16-17H,2-8,13-15H2,1H3/t16-,17-. The average Bonchev–Trinajstić information content (AvgIpc) is 2.57. The third-order valence-electron chi connectivity index (χ3n) is 5.05. The third kappa shape index (κ3) is 6.74. The molecule has 1 aromatic carbocycles. The number of benzene rings is 1. The molecule has 0 N–H and O–H groups in total. The molecule has 136 valence electrons. The minimum atomic E-state index is -4.01. The van der Waals surface area contributed by atoms with E-state index in [2.05, 4.69) is 19.1 Å². The second kappa shape index (κ2) is 9.33. The summed E-state index contributed by atoms with van der Waals surface area (Å²) in [6.45, 7) is 2.93. The van der Waals surface area contributed by atoms with Crippen LogP contribution in [0.15, 0.2) is 24.3 Å². The Morgan fingerprint density at radius 2 is 1.67 bits per heavy atom. The first-order valence-corrected chi connectivity index (χ1v) is 9.27. The average molecular weight is 342 g/mol. The van der Waals surface area contributed by atoms with Crippen LogP contribution in [0, 0.1) is 5.92 Å². The zero-order valence-electron chi connectivity index (χ0n) is 14.6. The fraction of sp³-hybridized carbons (Fsp3) is 0.700. The van der Waals surface area contributed by atoms with Crippen molar-refractivity contribution < 1.29 is 17.9 Å². The number of hydrogen-bond donors (Lipinski definition) is 0. The summed E-state index contributed by atoms with van der Waals surface area (Å²) in [7, 11) is 0. The van der Waals surface area contributed by atoms with Gasteiger partial charge in [0.1, 0.15) is 5.75 Å². The predicted octanol–water partition coefficient (Wildman–Crippen LogP) is 6.87. The van der Waals surface area contributed by atoms with Crippen molar-refractivity contribution in [2.45, 2.75) is 76.8 Å². The van der Waals surface area contributed by atoms with Crippen LogP contribution in [0.4, 0.5) is 13.2 Å². The van der Waals surface area contributed by atoms with Crippen molar-refractivity contribution in [2.24, 2.45) is 5.92 Å².